The van der Waals surface area contributed by atoms with Gasteiger partial charge >= 0.3 is 0 Å². The zero-order valence-corrected chi connectivity index (χ0v) is 12.5. The van der Waals surface area contributed by atoms with Crippen LogP contribution in [0.4, 0.5) is 8.78 Å². The molecule has 0 bridgehead atoms. The molecule has 0 spiro atoms. The van der Waals surface area contributed by atoms with E-state index in [1.165, 1.54) is 12.1 Å². The predicted molar refractivity (Wildman–Crippen MR) is 78.5 cm³/mol. The number of carbonyl (C=O) groups excluding carboxylic acids is 1. The molecule has 0 aromatic heterocycles. The van der Waals surface area contributed by atoms with Gasteiger partial charge in [0.05, 0.1) is 5.92 Å². The fourth-order valence-corrected chi connectivity index (χ4v) is 2.99. The Morgan fingerprint density at radius 1 is 1.43 bits per heavy atom. The first kappa shape index (κ1) is 15.9. The van der Waals surface area contributed by atoms with Crippen LogP contribution in [0.25, 0.3) is 0 Å². The molecule has 1 saturated heterocycles. The number of hydrogen-bond acceptors (Lipinski definition) is 2. The molecule has 116 valence electrons. The largest absolute Gasteiger partial charge is 0.359 e. The Bertz CT molecular complexity index is 513. The van der Waals surface area contributed by atoms with Gasteiger partial charge in [-0.15, -0.1) is 0 Å². The first-order valence-electron chi connectivity index (χ1n) is 7.32. The Morgan fingerprint density at radius 3 is 2.67 bits per heavy atom. The number of hydrogen-bond donors (Lipinski definition) is 2. The Hall–Kier alpha value is -1.49. The highest BCUT2D eigenvalue weighted by atomic mass is 19.1. The zero-order chi connectivity index (χ0) is 15.5. The van der Waals surface area contributed by atoms with Gasteiger partial charge in [-0.1, -0.05) is 6.07 Å². The van der Waals surface area contributed by atoms with E-state index in [9.17, 15) is 13.6 Å². The normalized spacial score (nSPS) is 19.0. The van der Waals surface area contributed by atoms with Crippen LogP contribution in [0.2, 0.25) is 0 Å². The van der Waals surface area contributed by atoms with Gasteiger partial charge in [0.25, 0.3) is 0 Å². The third-order valence-corrected chi connectivity index (χ3v) is 4.24. The Kier molecular flexibility index (Phi) is 4.93. The van der Waals surface area contributed by atoms with E-state index in [0.29, 0.717) is 37.1 Å². The first-order valence-corrected chi connectivity index (χ1v) is 7.32. The molecule has 3 nitrogen and oxygen atoms in total. The first-order chi connectivity index (χ1) is 9.95. The number of rotatable bonds is 4. The molecule has 1 amide bonds. The molecule has 0 radical (unpaired) electrons. The van der Waals surface area contributed by atoms with E-state index < -0.39 is 11.6 Å². The second-order valence-electron chi connectivity index (χ2n) is 5.77. The van der Waals surface area contributed by atoms with Gasteiger partial charge in [-0.05, 0) is 62.5 Å². The second-order valence-corrected chi connectivity index (χ2v) is 5.77. The van der Waals surface area contributed by atoms with Gasteiger partial charge in [-0.25, -0.2) is 8.78 Å². The standard InChI is InChI=1S/C16H22F2N2O/c1-11-9-12(17)3-4-13(11)14(15(21)19-2)10-16(18)5-7-20-8-6-16/h3-4,9,14,20H,5-8,10H2,1-2H3,(H,19,21). The molecule has 1 aromatic rings. The van der Waals surface area contributed by atoms with Crippen LogP contribution in [0.15, 0.2) is 18.2 Å². The van der Waals surface area contributed by atoms with E-state index in [1.54, 1.807) is 20.0 Å². The van der Waals surface area contributed by atoms with Crippen molar-refractivity contribution in [2.45, 2.75) is 37.8 Å². The van der Waals surface area contributed by atoms with Crippen LogP contribution in [-0.4, -0.2) is 31.7 Å². The van der Waals surface area contributed by atoms with Crippen LogP contribution in [0, 0.1) is 12.7 Å². The van der Waals surface area contributed by atoms with Crippen LogP contribution >= 0.6 is 0 Å². The van der Waals surface area contributed by atoms with Crippen molar-refractivity contribution in [2.75, 3.05) is 20.1 Å². The van der Waals surface area contributed by atoms with Crippen molar-refractivity contribution < 1.29 is 13.6 Å². The van der Waals surface area contributed by atoms with E-state index in [1.807, 2.05) is 0 Å². The summed E-state index contributed by atoms with van der Waals surface area (Å²) >= 11 is 0. The molecule has 21 heavy (non-hydrogen) atoms. The van der Waals surface area contributed by atoms with Gasteiger partial charge in [-0.2, -0.15) is 0 Å². The summed E-state index contributed by atoms with van der Waals surface area (Å²) in [5, 5.41) is 5.72. The fraction of sp³-hybridized carbons (Fsp3) is 0.562. The number of nitrogens with one attached hydrogen (secondary N) is 2. The van der Waals surface area contributed by atoms with Crippen LogP contribution in [0.1, 0.15) is 36.3 Å². The summed E-state index contributed by atoms with van der Waals surface area (Å²) in [4.78, 5) is 12.2. The molecule has 1 aliphatic rings. The second kappa shape index (κ2) is 6.52. The lowest BCUT2D eigenvalue weighted by Gasteiger charge is -2.33. The minimum absolute atomic E-state index is 0.140. The predicted octanol–water partition coefficient (Wildman–Crippen LogP) is 2.45. The molecular formula is C16H22F2N2O. The van der Waals surface area contributed by atoms with Crippen LogP contribution in [-0.2, 0) is 4.79 Å². The molecule has 1 unspecified atom stereocenters. The van der Waals surface area contributed by atoms with Gasteiger partial charge in [0.1, 0.15) is 11.5 Å². The Labute approximate surface area is 124 Å². The van der Waals surface area contributed by atoms with Crippen molar-refractivity contribution in [2.24, 2.45) is 0 Å². The molecule has 2 N–H and O–H groups in total. The Morgan fingerprint density at radius 2 is 2.10 bits per heavy atom. The van der Waals surface area contributed by atoms with Crippen LogP contribution in [0.5, 0.6) is 0 Å². The summed E-state index contributed by atoms with van der Waals surface area (Å²) in [5.74, 6) is -1.15. The number of amides is 1. The lowest BCUT2D eigenvalue weighted by Crippen LogP contribution is -2.41. The Balaban J connectivity index is 2.28. The third-order valence-electron chi connectivity index (χ3n) is 4.24. The lowest BCUT2D eigenvalue weighted by molar-refractivity contribution is -0.123. The van der Waals surface area contributed by atoms with Crippen LogP contribution in [0.3, 0.4) is 0 Å². The highest BCUT2D eigenvalue weighted by molar-refractivity contribution is 5.83. The number of piperidine rings is 1. The van der Waals surface area contributed by atoms with E-state index in [0.717, 1.165) is 0 Å². The molecule has 1 aromatic carbocycles. The SMILES string of the molecule is CNC(=O)C(CC1(F)CCNCC1)c1ccc(F)cc1C. The molecule has 5 heteroatoms. The molecular weight excluding hydrogens is 274 g/mol. The monoisotopic (exact) mass is 296 g/mol. The molecule has 1 aliphatic heterocycles. The lowest BCUT2D eigenvalue weighted by atomic mass is 9.80. The van der Waals surface area contributed by atoms with Gasteiger partial charge < -0.3 is 10.6 Å². The summed E-state index contributed by atoms with van der Waals surface area (Å²) in [6.07, 6.45) is 0.947. The molecule has 1 fully saturated rings. The molecule has 2 rings (SSSR count). The fourth-order valence-electron chi connectivity index (χ4n) is 2.99. The van der Waals surface area contributed by atoms with Gasteiger partial charge in [0, 0.05) is 7.05 Å². The van der Waals surface area contributed by atoms with E-state index in [4.69, 9.17) is 0 Å². The highest BCUT2D eigenvalue weighted by Gasteiger charge is 2.37. The minimum atomic E-state index is -1.34. The minimum Gasteiger partial charge on any atom is -0.359 e. The quantitative estimate of drug-likeness (QED) is 0.896. The van der Waals surface area contributed by atoms with E-state index in [-0.39, 0.29) is 18.1 Å². The smallest absolute Gasteiger partial charge is 0.227 e. The molecule has 1 atom stereocenters. The highest BCUT2D eigenvalue weighted by Crippen LogP contribution is 2.36. The number of aryl methyl sites for hydroxylation is 1. The van der Waals surface area contributed by atoms with Crippen molar-refractivity contribution in [1.82, 2.24) is 10.6 Å². The van der Waals surface area contributed by atoms with Gasteiger partial charge in [0.2, 0.25) is 5.91 Å². The maximum atomic E-state index is 14.9. The average Bonchev–Trinajstić information content (AvgIpc) is 2.45. The van der Waals surface area contributed by atoms with E-state index in [2.05, 4.69) is 10.6 Å². The van der Waals surface area contributed by atoms with Crippen molar-refractivity contribution in [3.05, 3.63) is 35.1 Å². The average molecular weight is 296 g/mol. The molecule has 0 saturated carbocycles. The van der Waals surface area contributed by atoms with E-state index >= 15 is 0 Å². The summed E-state index contributed by atoms with van der Waals surface area (Å²) in [6, 6.07) is 4.30. The van der Waals surface area contributed by atoms with Crippen molar-refractivity contribution in [3.8, 4) is 0 Å². The van der Waals surface area contributed by atoms with Crippen molar-refractivity contribution in [3.63, 3.8) is 0 Å². The molecule has 1 heterocycles. The van der Waals surface area contributed by atoms with Crippen molar-refractivity contribution >= 4 is 5.91 Å². The number of likely N-dealkylation sites (N-methyl/N-ethyl adjacent to an activating group) is 1. The van der Waals surface area contributed by atoms with Gasteiger partial charge in [0.15, 0.2) is 0 Å². The summed E-state index contributed by atoms with van der Waals surface area (Å²) < 4.78 is 28.2. The topological polar surface area (TPSA) is 41.1 Å². The summed E-state index contributed by atoms with van der Waals surface area (Å²) in [5.41, 5.74) is 0.0379. The molecule has 0 aliphatic carbocycles. The zero-order valence-electron chi connectivity index (χ0n) is 12.5. The third kappa shape index (κ3) is 3.79. The van der Waals surface area contributed by atoms with Crippen LogP contribution < -0.4 is 10.6 Å². The maximum Gasteiger partial charge on any atom is 0.227 e. The number of benzene rings is 1. The van der Waals surface area contributed by atoms with Crippen molar-refractivity contribution in [1.29, 1.82) is 0 Å². The number of alkyl halides is 1. The number of halogens is 2. The maximum absolute atomic E-state index is 14.9. The van der Waals surface area contributed by atoms with Gasteiger partial charge in [-0.3, -0.25) is 4.79 Å². The number of carbonyl (C=O) groups is 1. The summed E-state index contributed by atoms with van der Waals surface area (Å²) in [7, 11) is 1.54. The summed E-state index contributed by atoms with van der Waals surface area (Å²) in [6.45, 7) is 3.00.